The highest BCUT2D eigenvalue weighted by Crippen LogP contribution is 2.27. The molecule has 4 aromatic carbocycles. The monoisotopic (exact) mass is 481 g/mol. The number of nitrogens with one attached hydrogen (secondary N) is 2. The van der Waals surface area contributed by atoms with E-state index in [-0.39, 0.29) is 22.6 Å². The first-order valence-electron chi connectivity index (χ1n) is 11.2. The van der Waals surface area contributed by atoms with Crippen molar-refractivity contribution in [3.63, 3.8) is 0 Å². The summed E-state index contributed by atoms with van der Waals surface area (Å²) in [6, 6.07) is 33.8. The maximum Gasteiger partial charge on any atom is 0.285 e. The van der Waals surface area contributed by atoms with Crippen LogP contribution in [0, 0.1) is 0 Å². The highest BCUT2D eigenvalue weighted by Gasteiger charge is 2.28. The minimum Gasteiger partial charge on any atom is -0.351 e. The highest BCUT2D eigenvalue weighted by molar-refractivity contribution is 7.90. The molecule has 6 nitrogen and oxygen atoms in total. The van der Waals surface area contributed by atoms with E-state index in [2.05, 4.69) is 39.3 Å². The standard InChI is InChI=1S/C28H23N3O3S/c32-28(29-19-25(20-9-3-1-4-10-20)21-11-5-2-6-12-21)22-15-17-23(18-16-22)30-27-24-13-7-8-14-26(24)35(33,34)31-27/h1-18,25H,19H2,(H,29,32)(H,30,31). The topological polar surface area (TPSA) is 87.6 Å². The molecule has 0 fully saturated rings. The Morgan fingerprint density at radius 2 is 1.31 bits per heavy atom. The predicted octanol–water partition coefficient (Wildman–Crippen LogP) is 4.81. The molecule has 0 radical (unpaired) electrons. The molecule has 5 rings (SSSR count). The Labute approximate surface area is 204 Å². The van der Waals surface area contributed by atoms with E-state index in [9.17, 15) is 13.2 Å². The molecule has 0 bridgehead atoms. The van der Waals surface area contributed by atoms with E-state index in [0.717, 1.165) is 11.1 Å². The second-order valence-corrected chi connectivity index (χ2v) is 9.77. The van der Waals surface area contributed by atoms with Gasteiger partial charge in [-0.2, -0.15) is 8.42 Å². The van der Waals surface area contributed by atoms with Crippen molar-refractivity contribution in [2.24, 2.45) is 4.40 Å². The summed E-state index contributed by atoms with van der Waals surface area (Å²) in [7, 11) is -3.70. The summed E-state index contributed by atoms with van der Waals surface area (Å²) in [6.45, 7) is 0.457. The molecule has 7 heteroatoms. The van der Waals surface area contributed by atoms with Gasteiger partial charge in [-0.25, -0.2) is 0 Å². The minimum absolute atomic E-state index is 0.0321. The van der Waals surface area contributed by atoms with Gasteiger partial charge in [-0.15, -0.1) is 4.40 Å². The van der Waals surface area contributed by atoms with Crippen molar-refractivity contribution in [2.75, 3.05) is 11.9 Å². The van der Waals surface area contributed by atoms with Gasteiger partial charge in [0.1, 0.15) is 4.90 Å². The molecule has 0 saturated heterocycles. The zero-order valence-electron chi connectivity index (χ0n) is 18.8. The molecule has 4 aromatic rings. The normalized spacial score (nSPS) is 13.7. The van der Waals surface area contributed by atoms with Crippen LogP contribution in [0.3, 0.4) is 0 Å². The number of fused-ring (bicyclic) bond motifs is 1. The minimum atomic E-state index is -3.70. The Kier molecular flexibility index (Phi) is 6.16. The van der Waals surface area contributed by atoms with Crippen LogP contribution in [0.5, 0.6) is 0 Å². The van der Waals surface area contributed by atoms with E-state index in [1.807, 2.05) is 36.4 Å². The van der Waals surface area contributed by atoms with Crippen LogP contribution >= 0.6 is 0 Å². The third-order valence-electron chi connectivity index (χ3n) is 5.91. The second-order valence-electron chi connectivity index (χ2n) is 8.20. The number of anilines is 1. The lowest BCUT2D eigenvalue weighted by molar-refractivity contribution is 0.0952. The number of nitrogens with zero attached hydrogens (tertiary/aromatic N) is 1. The highest BCUT2D eigenvalue weighted by atomic mass is 32.2. The van der Waals surface area contributed by atoms with Crippen molar-refractivity contribution >= 4 is 27.5 Å². The molecule has 1 aliphatic rings. The van der Waals surface area contributed by atoms with Gasteiger partial charge in [0.05, 0.1) is 0 Å². The van der Waals surface area contributed by atoms with Gasteiger partial charge >= 0.3 is 0 Å². The lowest BCUT2D eigenvalue weighted by atomic mass is 9.91. The SMILES string of the molecule is O=C(NCC(c1ccccc1)c1ccccc1)c1ccc(NC2=NS(=O)(=O)c3ccccc32)cc1. The van der Waals surface area contributed by atoms with E-state index in [1.54, 1.807) is 42.5 Å². The first kappa shape index (κ1) is 22.6. The van der Waals surface area contributed by atoms with Gasteiger partial charge < -0.3 is 10.6 Å². The Morgan fingerprint density at radius 1 is 0.743 bits per heavy atom. The Bertz CT molecular complexity index is 1440. The van der Waals surface area contributed by atoms with Crippen LogP contribution in [0.1, 0.15) is 33.0 Å². The van der Waals surface area contributed by atoms with Crippen molar-refractivity contribution in [1.29, 1.82) is 0 Å². The third kappa shape index (κ3) is 4.85. The first-order valence-corrected chi connectivity index (χ1v) is 12.6. The molecule has 174 valence electrons. The third-order valence-corrected chi connectivity index (χ3v) is 7.25. The average molecular weight is 482 g/mol. The van der Waals surface area contributed by atoms with Gasteiger partial charge in [-0.3, -0.25) is 4.79 Å². The second kappa shape index (κ2) is 9.56. The largest absolute Gasteiger partial charge is 0.351 e. The lowest BCUT2D eigenvalue weighted by Crippen LogP contribution is -2.29. The van der Waals surface area contributed by atoms with Crippen LogP contribution in [0.15, 0.2) is 118 Å². The van der Waals surface area contributed by atoms with Gasteiger partial charge in [0.2, 0.25) is 0 Å². The van der Waals surface area contributed by atoms with Crippen molar-refractivity contribution in [1.82, 2.24) is 5.32 Å². The zero-order valence-corrected chi connectivity index (χ0v) is 19.6. The molecule has 0 spiro atoms. The average Bonchev–Trinajstić information content (AvgIpc) is 3.15. The fourth-order valence-corrected chi connectivity index (χ4v) is 5.31. The molecule has 0 aliphatic carbocycles. The number of amides is 1. The summed E-state index contributed by atoms with van der Waals surface area (Å²) in [5, 5.41) is 6.10. The lowest BCUT2D eigenvalue weighted by Gasteiger charge is -2.19. The molecular formula is C28H23N3O3S. The fraction of sp³-hybridized carbons (Fsp3) is 0.0714. The van der Waals surface area contributed by atoms with E-state index < -0.39 is 10.0 Å². The van der Waals surface area contributed by atoms with E-state index >= 15 is 0 Å². The Balaban J connectivity index is 1.28. The van der Waals surface area contributed by atoms with Gasteiger partial charge in [0, 0.05) is 29.3 Å². The van der Waals surface area contributed by atoms with Crippen molar-refractivity contribution in [2.45, 2.75) is 10.8 Å². The number of rotatable bonds is 6. The summed E-state index contributed by atoms with van der Waals surface area (Å²) < 4.78 is 28.3. The van der Waals surface area contributed by atoms with Crippen LogP contribution in [0.2, 0.25) is 0 Å². The van der Waals surface area contributed by atoms with Crippen molar-refractivity contribution < 1.29 is 13.2 Å². The van der Waals surface area contributed by atoms with E-state index in [4.69, 9.17) is 0 Å². The van der Waals surface area contributed by atoms with Gasteiger partial charge in [0.25, 0.3) is 15.9 Å². The number of sulfonamides is 1. The first-order chi connectivity index (χ1) is 17.0. The molecule has 0 aromatic heterocycles. The van der Waals surface area contributed by atoms with Crippen molar-refractivity contribution in [3.8, 4) is 0 Å². The molecule has 0 atom stereocenters. The summed E-state index contributed by atoms with van der Waals surface area (Å²) in [5.41, 5.74) is 3.94. The van der Waals surface area contributed by atoms with Crippen LogP contribution in [-0.2, 0) is 10.0 Å². The zero-order chi connectivity index (χ0) is 24.3. The summed E-state index contributed by atoms with van der Waals surface area (Å²) in [5.74, 6) is 0.121. The van der Waals surface area contributed by atoms with Crippen LogP contribution in [-0.4, -0.2) is 26.7 Å². The maximum absolute atomic E-state index is 12.9. The molecule has 0 unspecified atom stereocenters. The van der Waals surface area contributed by atoms with Gasteiger partial charge in [-0.1, -0.05) is 72.8 Å². The number of amidine groups is 1. The summed E-state index contributed by atoms with van der Waals surface area (Å²) in [4.78, 5) is 13.1. The number of carbonyl (C=O) groups is 1. The molecule has 1 amide bonds. The van der Waals surface area contributed by atoms with E-state index in [0.29, 0.717) is 23.4 Å². The summed E-state index contributed by atoms with van der Waals surface area (Å²) in [6.07, 6.45) is 0. The molecule has 0 saturated carbocycles. The number of hydrogen-bond acceptors (Lipinski definition) is 4. The number of carbonyl (C=O) groups excluding carboxylic acids is 1. The molecular weight excluding hydrogens is 458 g/mol. The van der Waals surface area contributed by atoms with Crippen LogP contribution < -0.4 is 10.6 Å². The van der Waals surface area contributed by atoms with Gasteiger partial charge in [0.15, 0.2) is 5.84 Å². The predicted molar refractivity (Wildman–Crippen MR) is 137 cm³/mol. The molecule has 2 N–H and O–H groups in total. The quantitative estimate of drug-likeness (QED) is 0.414. The smallest absolute Gasteiger partial charge is 0.285 e. The Hall–Kier alpha value is -4.23. The summed E-state index contributed by atoms with van der Waals surface area (Å²) >= 11 is 0. The van der Waals surface area contributed by atoms with Crippen LogP contribution in [0.25, 0.3) is 0 Å². The van der Waals surface area contributed by atoms with E-state index in [1.165, 1.54) is 6.07 Å². The van der Waals surface area contributed by atoms with Crippen molar-refractivity contribution in [3.05, 3.63) is 131 Å². The number of benzene rings is 4. The van der Waals surface area contributed by atoms with Gasteiger partial charge in [-0.05, 0) is 47.5 Å². The molecule has 1 aliphatic heterocycles. The number of hydrogen-bond donors (Lipinski definition) is 2. The fourth-order valence-electron chi connectivity index (χ4n) is 4.13. The molecule has 1 heterocycles. The van der Waals surface area contributed by atoms with Crippen LogP contribution in [0.4, 0.5) is 5.69 Å². The Morgan fingerprint density at radius 3 is 1.94 bits per heavy atom. The molecule has 35 heavy (non-hydrogen) atoms. The maximum atomic E-state index is 12.9.